The molecule has 39 heavy (non-hydrogen) atoms. The number of nitrogens with one attached hydrogen (secondary N) is 1. The maximum Gasteiger partial charge on any atom is 0.338 e. The van der Waals surface area contributed by atoms with Crippen molar-refractivity contribution < 1.29 is 33.4 Å². The zero-order chi connectivity index (χ0) is 29.2. The van der Waals surface area contributed by atoms with E-state index in [1.807, 2.05) is 13.8 Å². The second kappa shape index (κ2) is 12.6. The fourth-order valence-electron chi connectivity index (χ4n) is 3.73. The second-order valence-electron chi connectivity index (χ2n) is 9.40. The summed E-state index contributed by atoms with van der Waals surface area (Å²) in [5.74, 6) is -4.38. The van der Waals surface area contributed by atoms with Crippen molar-refractivity contribution in [2.24, 2.45) is 11.8 Å². The summed E-state index contributed by atoms with van der Waals surface area (Å²) in [6, 6.07) is 4.55. The first-order valence-electron chi connectivity index (χ1n) is 11.7. The molecule has 0 fully saturated rings. The van der Waals surface area contributed by atoms with Gasteiger partial charge in [-0.3, -0.25) is 19.3 Å². The monoisotopic (exact) mass is 616 g/mol. The minimum Gasteiger partial charge on any atom is -0.462 e. The zero-order valence-electron chi connectivity index (χ0n) is 21.3. The maximum atomic E-state index is 13.2. The average Bonchev–Trinajstić information content (AvgIpc) is 3.13. The van der Waals surface area contributed by atoms with Gasteiger partial charge in [-0.25, -0.2) is 9.59 Å². The molecular formula is C26H24Cl4N2O7. The molecule has 1 N–H and O–H groups in total. The van der Waals surface area contributed by atoms with Gasteiger partial charge in [-0.2, -0.15) is 0 Å². The van der Waals surface area contributed by atoms with E-state index in [4.69, 9.17) is 55.9 Å². The number of ether oxygens (including phenoxy) is 2. The van der Waals surface area contributed by atoms with E-state index in [0.29, 0.717) is 16.2 Å². The van der Waals surface area contributed by atoms with Gasteiger partial charge < -0.3 is 14.8 Å². The summed E-state index contributed by atoms with van der Waals surface area (Å²) in [6.45, 7) is 6.59. The Balaban J connectivity index is 1.68. The molecule has 1 aliphatic heterocycles. The summed E-state index contributed by atoms with van der Waals surface area (Å²) in [5, 5.41) is 1.59. The normalized spacial score (nSPS) is 13.5. The van der Waals surface area contributed by atoms with E-state index < -0.39 is 48.2 Å². The number of carbonyl (C=O) groups is 5. The lowest BCUT2D eigenvalue weighted by atomic mass is 10.0. The lowest BCUT2D eigenvalue weighted by molar-refractivity contribution is -0.152. The standard InChI is InChI=1S/C26H24Cl4N2O7/c1-11(2)9-38-25(36)13-5-7-14(8-6-13)31-15(33)10-39-26(37)22(12(3)4)32-23(34)16-17(24(32)35)19(28)21(30)20(29)18(16)27/h5-8,11-12,22H,9-10H2,1-4H3,(H,31,33)/t22-/m1/s1. The lowest BCUT2D eigenvalue weighted by Crippen LogP contribution is -2.49. The molecule has 3 amide bonds. The van der Waals surface area contributed by atoms with Gasteiger partial charge in [-0.1, -0.05) is 74.1 Å². The van der Waals surface area contributed by atoms with E-state index >= 15 is 0 Å². The zero-order valence-corrected chi connectivity index (χ0v) is 24.3. The quantitative estimate of drug-likeness (QED) is 0.161. The van der Waals surface area contributed by atoms with Crippen LogP contribution in [0.3, 0.4) is 0 Å². The van der Waals surface area contributed by atoms with E-state index in [1.165, 1.54) is 24.3 Å². The Kier molecular flexibility index (Phi) is 9.88. The first kappa shape index (κ1) is 30.7. The molecule has 2 aromatic carbocycles. The van der Waals surface area contributed by atoms with Crippen molar-refractivity contribution in [1.82, 2.24) is 4.90 Å². The van der Waals surface area contributed by atoms with Crippen molar-refractivity contribution in [3.63, 3.8) is 0 Å². The van der Waals surface area contributed by atoms with Crippen LogP contribution in [0.15, 0.2) is 24.3 Å². The van der Waals surface area contributed by atoms with Crippen molar-refractivity contribution in [3.8, 4) is 0 Å². The number of esters is 2. The van der Waals surface area contributed by atoms with Gasteiger partial charge in [0.15, 0.2) is 6.61 Å². The van der Waals surface area contributed by atoms with Crippen molar-refractivity contribution in [3.05, 3.63) is 61.0 Å². The van der Waals surface area contributed by atoms with E-state index in [2.05, 4.69) is 5.32 Å². The molecule has 0 unspecified atom stereocenters. The van der Waals surface area contributed by atoms with Crippen LogP contribution in [-0.2, 0) is 19.1 Å². The van der Waals surface area contributed by atoms with Crippen molar-refractivity contribution in [2.45, 2.75) is 33.7 Å². The Morgan fingerprint density at radius 1 is 0.821 bits per heavy atom. The Morgan fingerprint density at radius 2 is 1.33 bits per heavy atom. The van der Waals surface area contributed by atoms with Crippen LogP contribution >= 0.6 is 46.4 Å². The van der Waals surface area contributed by atoms with Gasteiger partial charge >= 0.3 is 11.9 Å². The summed E-state index contributed by atoms with van der Waals surface area (Å²) in [4.78, 5) is 64.4. The maximum absolute atomic E-state index is 13.2. The number of halogens is 4. The van der Waals surface area contributed by atoms with Crippen molar-refractivity contribution in [1.29, 1.82) is 0 Å². The molecule has 0 saturated heterocycles. The molecule has 2 aromatic rings. The highest BCUT2D eigenvalue weighted by Gasteiger charge is 2.48. The van der Waals surface area contributed by atoms with Crippen LogP contribution in [0.2, 0.25) is 20.1 Å². The van der Waals surface area contributed by atoms with Crippen LogP contribution in [0.4, 0.5) is 5.69 Å². The fourth-order valence-corrected chi connectivity index (χ4v) is 4.74. The first-order valence-corrected chi connectivity index (χ1v) is 13.2. The van der Waals surface area contributed by atoms with Gasteiger partial charge in [-0.05, 0) is 36.1 Å². The molecular weight excluding hydrogens is 594 g/mol. The molecule has 0 aliphatic carbocycles. The summed E-state index contributed by atoms with van der Waals surface area (Å²) >= 11 is 24.4. The molecule has 1 atom stereocenters. The van der Waals surface area contributed by atoms with Crippen LogP contribution in [0.1, 0.15) is 58.8 Å². The average molecular weight is 618 g/mol. The highest BCUT2D eigenvalue weighted by molar-refractivity contribution is 6.55. The lowest BCUT2D eigenvalue weighted by Gasteiger charge is -2.27. The van der Waals surface area contributed by atoms with E-state index in [1.54, 1.807) is 13.8 Å². The highest BCUT2D eigenvalue weighted by atomic mass is 35.5. The molecule has 0 saturated carbocycles. The van der Waals surface area contributed by atoms with Gasteiger partial charge in [0.1, 0.15) is 6.04 Å². The Labute approximate surface area is 244 Å². The molecule has 3 rings (SSSR count). The van der Waals surface area contributed by atoms with E-state index in [9.17, 15) is 24.0 Å². The third-order valence-corrected chi connectivity index (χ3v) is 7.38. The molecule has 1 aliphatic rings. The number of imide groups is 1. The molecule has 0 radical (unpaired) electrons. The van der Waals surface area contributed by atoms with Crippen LogP contribution in [0.5, 0.6) is 0 Å². The highest BCUT2D eigenvalue weighted by Crippen LogP contribution is 2.45. The topological polar surface area (TPSA) is 119 Å². The number of hydrogen-bond acceptors (Lipinski definition) is 7. The minimum atomic E-state index is -1.40. The number of rotatable bonds is 9. The largest absolute Gasteiger partial charge is 0.462 e. The van der Waals surface area contributed by atoms with Crippen LogP contribution < -0.4 is 5.32 Å². The SMILES string of the molecule is CC(C)COC(=O)c1ccc(NC(=O)COC(=O)[C@@H](C(C)C)N2C(=O)c3c(Cl)c(Cl)c(Cl)c(Cl)c3C2=O)cc1. The number of benzene rings is 2. The molecule has 9 nitrogen and oxygen atoms in total. The summed E-state index contributed by atoms with van der Waals surface area (Å²) < 4.78 is 10.3. The van der Waals surface area contributed by atoms with E-state index in [0.717, 1.165) is 0 Å². The van der Waals surface area contributed by atoms with Gasteiger partial charge in [0.05, 0.1) is 43.4 Å². The number of hydrogen-bond donors (Lipinski definition) is 1. The van der Waals surface area contributed by atoms with Crippen LogP contribution in [-0.4, -0.2) is 53.8 Å². The molecule has 0 spiro atoms. The molecule has 0 aromatic heterocycles. The fraction of sp³-hybridized carbons (Fsp3) is 0.346. The molecule has 208 valence electrons. The second-order valence-corrected chi connectivity index (χ2v) is 10.9. The molecule has 0 bridgehead atoms. The number of amides is 3. The predicted molar refractivity (Wildman–Crippen MR) is 147 cm³/mol. The third kappa shape index (κ3) is 6.49. The Morgan fingerprint density at radius 3 is 1.79 bits per heavy atom. The minimum absolute atomic E-state index is 0.190. The Bertz CT molecular complexity index is 1300. The summed E-state index contributed by atoms with van der Waals surface area (Å²) in [5.41, 5.74) is 0.112. The Hall–Kier alpha value is -2.85. The number of carbonyl (C=O) groups excluding carboxylic acids is 5. The summed E-state index contributed by atoms with van der Waals surface area (Å²) in [7, 11) is 0. The van der Waals surface area contributed by atoms with E-state index in [-0.39, 0.29) is 43.7 Å². The predicted octanol–water partition coefficient (Wildman–Crippen LogP) is 5.92. The smallest absolute Gasteiger partial charge is 0.338 e. The number of nitrogens with zero attached hydrogens (tertiary/aromatic N) is 1. The van der Waals surface area contributed by atoms with Gasteiger partial charge in [-0.15, -0.1) is 0 Å². The van der Waals surface area contributed by atoms with Crippen LogP contribution in [0, 0.1) is 11.8 Å². The first-order chi connectivity index (χ1) is 18.3. The van der Waals surface area contributed by atoms with Crippen molar-refractivity contribution in [2.75, 3.05) is 18.5 Å². The molecule has 13 heteroatoms. The van der Waals surface area contributed by atoms with Gasteiger partial charge in [0, 0.05) is 5.69 Å². The summed E-state index contributed by atoms with van der Waals surface area (Å²) in [6.07, 6.45) is 0. The number of fused-ring (bicyclic) bond motifs is 1. The number of anilines is 1. The van der Waals surface area contributed by atoms with Crippen molar-refractivity contribution >= 4 is 81.8 Å². The molecule has 1 heterocycles. The van der Waals surface area contributed by atoms with Gasteiger partial charge in [0.25, 0.3) is 17.7 Å². The van der Waals surface area contributed by atoms with Crippen LogP contribution in [0.25, 0.3) is 0 Å². The van der Waals surface area contributed by atoms with Gasteiger partial charge in [0.2, 0.25) is 0 Å². The third-order valence-electron chi connectivity index (χ3n) is 5.58.